The molecule has 166 valence electrons. The van der Waals surface area contributed by atoms with E-state index in [-0.39, 0.29) is 11.9 Å². The number of carbonyl (C=O) groups excluding carboxylic acids is 2. The number of aromatic nitrogens is 2. The number of anilines is 1. The van der Waals surface area contributed by atoms with Crippen molar-refractivity contribution in [1.29, 1.82) is 0 Å². The Labute approximate surface area is 192 Å². The highest BCUT2D eigenvalue weighted by Crippen LogP contribution is 2.36. The molecule has 4 aromatic rings. The number of hydrogen-bond acceptors (Lipinski definition) is 9. The lowest BCUT2D eigenvalue weighted by atomic mass is 10.2. The van der Waals surface area contributed by atoms with Crippen LogP contribution in [0.15, 0.2) is 41.1 Å². The van der Waals surface area contributed by atoms with Gasteiger partial charge in [-0.25, -0.2) is 9.78 Å². The van der Waals surface area contributed by atoms with Crippen LogP contribution in [0.3, 0.4) is 0 Å². The fourth-order valence-electron chi connectivity index (χ4n) is 3.25. The molecule has 4 heterocycles. The number of nitrogens with one attached hydrogen (secondary N) is 1. The Balaban J connectivity index is 1.63. The highest BCUT2D eigenvalue weighted by atomic mass is 32.1. The van der Waals surface area contributed by atoms with Crippen LogP contribution < -0.4 is 5.32 Å². The topological polar surface area (TPSA) is 97.6 Å². The van der Waals surface area contributed by atoms with Crippen LogP contribution in [-0.4, -0.2) is 41.1 Å². The van der Waals surface area contributed by atoms with Gasteiger partial charge in [-0.2, -0.15) is 0 Å². The molecule has 4 rings (SSSR count). The van der Waals surface area contributed by atoms with Gasteiger partial charge in [-0.15, -0.1) is 22.7 Å². The van der Waals surface area contributed by atoms with Gasteiger partial charge in [0.1, 0.15) is 21.7 Å². The van der Waals surface area contributed by atoms with Crippen LogP contribution >= 0.6 is 22.7 Å². The molecule has 0 saturated heterocycles. The highest BCUT2D eigenvalue weighted by molar-refractivity contribution is 7.21. The molecule has 1 unspecified atom stereocenters. The van der Waals surface area contributed by atoms with Gasteiger partial charge in [0.05, 0.1) is 29.4 Å². The van der Waals surface area contributed by atoms with Gasteiger partial charge in [0.25, 0.3) is 5.91 Å². The van der Waals surface area contributed by atoms with Crippen molar-refractivity contribution >= 4 is 50.5 Å². The zero-order chi connectivity index (χ0) is 22.8. The third-order valence-electron chi connectivity index (χ3n) is 5.14. The summed E-state index contributed by atoms with van der Waals surface area (Å²) < 4.78 is 9.88. The summed E-state index contributed by atoms with van der Waals surface area (Å²) in [5.74, 6) is -0.776. The number of amides is 1. The number of fused-ring (bicyclic) bond motifs is 1. The van der Waals surface area contributed by atoms with E-state index < -0.39 is 5.97 Å². The number of thiophene rings is 2. The molecule has 0 spiro atoms. The smallest absolute Gasteiger partial charge is 0.350 e. The number of aryl methyl sites for hydroxylation is 1. The van der Waals surface area contributed by atoms with Crippen molar-refractivity contribution in [2.45, 2.75) is 26.4 Å². The number of pyridine rings is 1. The summed E-state index contributed by atoms with van der Waals surface area (Å²) >= 11 is 2.60. The van der Waals surface area contributed by atoms with E-state index in [0.717, 1.165) is 16.3 Å². The van der Waals surface area contributed by atoms with E-state index in [1.807, 2.05) is 45.2 Å². The van der Waals surface area contributed by atoms with Gasteiger partial charge < -0.3 is 14.6 Å². The molecule has 10 heteroatoms. The van der Waals surface area contributed by atoms with E-state index in [2.05, 4.69) is 15.4 Å². The summed E-state index contributed by atoms with van der Waals surface area (Å²) in [6.45, 7) is 4.55. The monoisotopic (exact) mass is 470 g/mol. The quantitative estimate of drug-likeness (QED) is 0.384. The Morgan fingerprint density at radius 2 is 2.03 bits per heavy atom. The van der Waals surface area contributed by atoms with Crippen LogP contribution in [0.25, 0.3) is 10.2 Å². The van der Waals surface area contributed by atoms with Gasteiger partial charge in [-0.3, -0.25) is 9.69 Å². The molecular formula is C22H22N4O4S2. The minimum atomic E-state index is -0.510. The van der Waals surface area contributed by atoms with E-state index in [1.54, 1.807) is 12.3 Å². The zero-order valence-corrected chi connectivity index (χ0v) is 19.7. The first-order valence-electron chi connectivity index (χ1n) is 9.86. The maximum atomic E-state index is 12.7. The van der Waals surface area contributed by atoms with Gasteiger partial charge in [0.15, 0.2) is 0 Å². The summed E-state index contributed by atoms with van der Waals surface area (Å²) in [5, 5.41) is 7.59. The van der Waals surface area contributed by atoms with E-state index in [0.29, 0.717) is 32.2 Å². The van der Waals surface area contributed by atoms with Gasteiger partial charge in [0, 0.05) is 22.9 Å². The van der Waals surface area contributed by atoms with Crippen LogP contribution in [0.4, 0.5) is 5.69 Å². The Morgan fingerprint density at radius 1 is 1.22 bits per heavy atom. The van der Waals surface area contributed by atoms with Crippen molar-refractivity contribution in [3.63, 3.8) is 0 Å². The lowest BCUT2D eigenvalue weighted by Gasteiger charge is -2.22. The zero-order valence-electron chi connectivity index (χ0n) is 18.0. The normalized spacial score (nSPS) is 12.3. The predicted octanol–water partition coefficient (Wildman–Crippen LogP) is 4.89. The number of ether oxygens (including phenoxy) is 1. The number of rotatable bonds is 7. The number of nitrogens with zero attached hydrogens (tertiary/aromatic N) is 3. The maximum absolute atomic E-state index is 12.7. The second kappa shape index (κ2) is 9.19. The number of methoxy groups -OCH3 is 1. The fourth-order valence-corrected chi connectivity index (χ4v) is 5.08. The lowest BCUT2D eigenvalue weighted by molar-refractivity contribution is 0.0607. The van der Waals surface area contributed by atoms with E-state index in [9.17, 15) is 9.59 Å². The van der Waals surface area contributed by atoms with Crippen LogP contribution in [-0.2, 0) is 11.3 Å². The molecule has 0 bridgehead atoms. The summed E-state index contributed by atoms with van der Waals surface area (Å²) in [5.41, 5.74) is 2.10. The fraction of sp³-hybridized carbons (Fsp3) is 0.273. The van der Waals surface area contributed by atoms with Crippen LogP contribution in [0, 0.1) is 6.92 Å². The summed E-state index contributed by atoms with van der Waals surface area (Å²) in [6, 6.07) is 9.31. The molecule has 1 N–H and O–H groups in total. The van der Waals surface area contributed by atoms with Crippen molar-refractivity contribution in [2.24, 2.45) is 0 Å². The molecule has 0 radical (unpaired) electrons. The molecule has 0 aliphatic carbocycles. The maximum Gasteiger partial charge on any atom is 0.350 e. The SMILES string of the molecule is COC(=O)c1sc2nc(CN(C)C(C)c3ccon3)ccc2c1NC(=O)c1ccc(C)s1. The number of carbonyl (C=O) groups is 2. The minimum absolute atomic E-state index is 0.0457. The van der Waals surface area contributed by atoms with Crippen LogP contribution in [0.5, 0.6) is 0 Å². The Hall–Kier alpha value is -3.08. The summed E-state index contributed by atoms with van der Waals surface area (Å²) in [6.07, 6.45) is 1.55. The molecule has 1 atom stereocenters. The second-order valence-corrected chi connectivity index (χ2v) is 9.62. The van der Waals surface area contributed by atoms with E-state index >= 15 is 0 Å². The Morgan fingerprint density at radius 3 is 2.69 bits per heavy atom. The van der Waals surface area contributed by atoms with Crippen molar-refractivity contribution < 1.29 is 18.8 Å². The number of hydrogen-bond donors (Lipinski definition) is 1. The highest BCUT2D eigenvalue weighted by Gasteiger charge is 2.23. The number of esters is 1. The van der Waals surface area contributed by atoms with Crippen molar-refractivity contribution in [3.05, 3.63) is 62.6 Å². The van der Waals surface area contributed by atoms with E-state index in [1.165, 1.54) is 29.8 Å². The molecule has 0 aliphatic rings. The molecule has 4 aromatic heterocycles. The molecule has 32 heavy (non-hydrogen) atoms. The van der Waals surface area contributed by atoms with E-state index in [4.69, 9.17) is 14.2 Å². The molecule has 8 nitrogen and oxygen atoms in total. The van der Waals surface area contributed by atoms with Crippen molar-refractivity contribution in [3.8, 4) is 0 Å². The first-order valence-corrected chi connectivity index (χ1v) is 11.5. The summed E-state index contributed by atoms with van der Waals surface area (Å²) in [7, 11) is 3.30. The average Bonchev–Trinajstić information content (AvgIpc) is 3.53. The van der Waals surface area contributed by atoms with Gasteiger partial charge >= 0.3 is 5.97 Å². The lowest BCUT2D eigenvalue weighted by Crippen LogP contribution is -2.22. The molecule has 0 aromatic carbocycles. The first kappa shape index (κ1) is 22.1. The van der Waals surface area contributed by atoms with Crippen molar-refractivity contribution in [1.82, 2.24) is 15.0 Å². The molecule has 0 aliphatic heterocycles. The Bertz CT molecular complexity index is 1260. The summed E-state index contributed by atoms with van der Waals surface area (Å²) in [4.78, 5) is 34.6. The van der Waals surface area contributed by atoms with Gasteiger partial charge in [-0.05, 0) is 45.2 Å². The molecule has 0 fully saturated rings. The van der Waals surface area contributed by atoms with Gasteiger partial charge in [0.2, 0.25) is 0 Å². The second-order valence-electron chi connectivity index (χ2n) is 7.33. The van der Waals surface area contributed by atoms with Crippen LogP contribution in [0.2, 0.25) is 0 Å². The predicted molar refractivity (Wildman–Crippen MR) is 124 cm³/mol. The third-order valence-corrected chi connectivity index (χ3v) is 7.22. The first-order chi connectivity index (χ1) is 15.4. The van der Waals surface area contributed by atoms with Gasteiger partial charge in [-0.1, -0.05) is 5.16 Å². The van der Waals surface area contributed by atoms with Crippen LogP contribution in [0.1, 0.15) is 48.6 Å². The largest absolute Gasteiger partial charge is 0.465 e. The molecule has 0 saturated carbocycles. The average molecular weight is 471 g/mol. The molecular weight excluding hydrogens is 448 g/mol. The third kappa shape index (κ3) is 4.43. The minimum Gasteiger partial charge on any atom is -0.465 e. The molecule has 1 amide bonds. The van der Waals surface area contributed by atoms with Crippen molar-refractivity contribution in [2.75, 3.05) is 19.5 Å². The Kier molecular flexibility index (Phi) is 6.35. The standard InChI is InChI=1S/C22H22N4O4S2/c1-12-5-8-17(31-12)20(27)24-18-15-7-6-14(23-21(15)32-19(18)22(28)29-4)11-26(3)13(2)16-9-10-30-25-16/h5-10,13H,11H2,1-4H3,(H,24,27).